The van der Waals surface area contributed by atoms with Gasteiger partial charge in [0, 0.05) is 5.69 Å². The number of ether oxygens (including phenoxy) is 1. The molecule has 0 aliphatic carbocycles. The molecule has 0 fully saturated rings. The summed E-state index contributed by atoms with van der Waals surface area (Å²) in [7, 11) is 0. The molecule has 1 unspecified atom stereocenters. The second-order valence-corrected chi connectivity index (χ2v) is 4.24. The largest absolute Gasteiger partial charge is 0.356 e. The summed E-state index contributed by atoms with van der Waals surface area (Å²) >= 11 is 0. The van der Waals surface area contributed by atoms with Crippen LogP contribution in [-0.4, -0.2) is 12.8 Å². The van der Waals surface area contributed by atoms with Crippen molar-refractivity contribution in [3.05, 3.63) is 35.9 Å². The van der Waals surface area contributed by atoms with Gasteiger partial charge < -0.3 is 10.1 Å². The molecular formula is C13H17NO. The molecule has 0 amide bonds. The summed E-state index contributed by atoms with van der Waals surface area (Å²) in [5, 5.41) is 3.34. The summed E-state index contributed by atoms with van der Waals surface area (Å²) < 4.78 is 5.70. The van der Waals surface area contributed by atoms with Gasteiger partial charge in [0.25, 0.3) is 0 Å². The van der Waals surface area contributed by atoms with Crippen molar-refractivity contribution in [3.63, 3.8) is 0 Å². The van der Waals surface area contributed by atoms with Crippen molar-refractivity contribution in [1.29, 1.82) is 0 Å². The molecule has 1 N–H and O–H groups in total. The zero-order valence-electron chi connectivity index (χ0n) is 9.23. The maximum atomic E-state index is 5.70. The third-order valence-electron chi connectivity index (χ3n) is 2.32. The van der Waals surface area contributed by atoms with Crippen LogP contribution in [0.25, 0.3) is 6.08 Å². The van der Waals surface area contributed by atoms with Crippen LogP contribution in [0.4, 0.5) is 5.69 Å². The molecule has 1 aliphatic heterocycles. The first-order valence-corrected chi connectivity index (χ1v) is 5.41. The van der Waals surface area contributed by atoms with E-state index in [9.17, 15) is 0 Å². The van der Waals surface area contributed by atoms with E-state index >= 15 is 0 Å². The van der Waals surface area contributed by atoms with Crippen molar-refractivity contribution in [2.45, 2.75) is 20.1 Å². The van der Waals surface area contributed by atoms with Crippen LogP contribution in [0.5, 0.6) is 0 Å². The van der Waals surface area contributed by atoms with E-state index in [-0.39, 0.29) is 6.23 Å². The minimum Gasteiger partial charge on any atom is -0.356 e. The predicted molar refractivity (Wildman–Crippen MR) is 63.7 cm³/mol. The molecule has 2 heteroatoms. The lowest BCUT2D eigenvalue weighted by molar-refractivity contribution is 0.0813. The van der Waals surface area contributed by atoms with E-state index in [1.165, 1.54) is 5.56 Å². The molecule has 1 aromatic rings. The lowest BCUT2D eigenvalue weighted by atomic mass is 10.1. The van der Waals surface area contributed by atoms with Gasteiger partial charge in [-0.1, -0.05) is 38.1 Å². The second kappa shape index (κ2) is 4.49. The Balaban J connectivity index is 2.00. The van der Waals surface area contributed by atoms with E-state index in [0.717, 1.165) is 12.3 Å². The molecule has 1 aromatic carbocycles. The molecule has 0 aromatic heterocycles. The number of fused-ring (bicyclic) bond motifs is 1. The SMILES string of the molecule is CC(C)COC1C=Cc2ccccc2N1. The molecule has 15 heavy (non-hydrogen) atoms. The smallest absolute Gasteiger partial charge is 0.147 e. The maximum absolute atomic E-state index is 5.70. The van der Waals surface area contributed by atoms with Gasteiger partial charge in [0.1, 0.15) is 6.23 Å². The number of anilines is 1. The van der Waals surface area contributed by atoms with Crippen LogP contribution in [0.1, 0.15) is 19.4 Å². The van der Waals surface area contributed by atoms with Gasteiger partial charge in [-0.25, -0.2) is 0 Å². The lowest BCUT2D eigenvalue weighted by Gasteiger charge is -2.23. The van der Waals surface area contributed by atoms with Gasteiger partial charge in [0.05, 0.1) is 6.61 Å². The van der Waals surface area contributed by atoms with Gasteiger partial charge in [0.15, 0.2) is 0 Å². The van der Waals surface area contributed by atoms with E-state index in [1.807, 2.05) is 12.1 Å². The highest BCUT2D eigenvalue weighted by atomic mass is 16.5. The van der Waals surface area contributed by atoms with Gasteiger partial charge in [-0.15, -0.1) is 0 Å². The Morgan fingerprint density at radius 1 is 1.33 bits per heavy atom. The molecule has 2 rings (SSSR count). The van der Waals surface area contributed by atoms with E-state index in [0.29, 0.717) is 5.92 Å². The predicted octanol–water partition coefficient (Wildman–Crippen LogP) is 3.12. The van der Waals surface area contributed by atoms with Crippen LogP contribution < -0.4 is 5.32 Å². The molecule has 0 bridgehead atoms. The first kappa shape index (κ1) is 10.2. The maximum Gasteiger partial charge on any atom is 0.147 e. The summed E-state index contributed by atoms with van der Waals surface area (Å²) in [5.41, 5.74) is 2.37. The Kier molecular flexibility index (Phi) is 3.07. The summed E-state index contributed by atoms with van der Waals surface area (Å²) in [5.74, 6) is 0.567. The highest BCUT2D eigenvalue weighted by Crippen LogP contribution is 2.22. The fourth-order valence-electron chi connectivity index (χ4n) is 1.56. The molecule has 1 atom stereocenters. The number of benzene rings is 1. The van der Waals surface area contributed by atoms with Crippen LogP contribution in [-0.2, 0) is 4.74 Å². The molecule has 2 nitrogen and oxygen atoms in total. The fourth-order valence-corrected chi connectivity index (χ4v) is 1.56. The van der Waals surface area contributed by atoms with Crippen molar-refractivity contribution < 1.29 is 4.74 Å². The van der Waals surface area contributed by atoms with E-state index in [2.05, 4.69) is 43.4 Å². The van der Waals surface area contributed by atoms with Crippen molar-refractivity contribution in [3.8, 4) is 0 Å². The number of para-hydroxylation sites is 1. The quantitative estimate of drug-likeness (QED) is 0.815. The van der Waals surface area contributed by atoms with E-state index in [4.69, 9.17) is 4.74 Å². The standard InChI is InChI=1S/C13H17NO/c1-10(2)9-15-13-8-7-11-5-3-4-6-12(11)14-13/h3-8,10,13-14H,9H2,1-2H3. The van der Waals surface area contributed by atoms with E-state index in [1.54, 1.807) is 0 Å². The summed E-state index contributed by atoms with van der Waals surface area (Å²) in [4.78, 5) is 0. The van der Waals surface area contributed by atoms with Crippen molar-refractivity contribution in [1.82, 2.24) is 0 Å². The van der Waals surface area contributed by atoms with Gasteiger partial charge in [-0.2, -0.15) is 0 Å². The second-order valence-electron chi connectivity index (χ2n) is 4.24. The van der Waals surface area contributed by atoms with Crippen molar-refractivity contribution in [2.24, 2.45) is 5.92 Å². The first-order valence-electron chi connectivity index (χ1n) is 5.41. The number of hydrogen-bond donors (Lipinski definition) is 1. The number of hydrogen-bond acceptors (Lipinski definition) is 2. The van der Waals surface area contributed by atoms with Crippen LogP contribution in [0.15, 0.2) is 30.3 Å². The van der Waals surface area contributed by atoms with E-state index < -0.39 is 0 Å². The third kappa shape index (κ3) is 2.60. The Labute approximate surface area is 91.0 Å². The van der Waals surface area contributed by atoms with Crippen LogP contribution >= 0.6 is 0 Å². The fraction of sp³-hybridized carbons (Fsp3) is 0.385. The summed E-state index contributed by atoms with van der Waals surface area (Å²) in [6, 6.07) is 8.24. The average molecular weight is 203 g/mol. The van der Waals surface area contributed by atoms with Crippen LogP contribution in [0.2, 0.25) is 0 Å². The molecular weight excluding hydrogens is 186 g/mol. The summed E-state index contributed by atoms with van der Waals surface area (Å²) in [6.07, 6.45) is 4.18. The normalized spacial score (nSPS) is 18.7. The Hall–Kier alpha value is -1.28. The van der Waals surface area contributed by atoms with Gasteiger partial charge in [-0.05, 0) is 23.6 Å². The molecule has 80 valence electrons. The minimum atomic E-state index is 0.0160. The van der Waals surface area contributed by atoms with Crippen LogP contribution in [0.3, 0.4) is 0 Å². The van der Waals surface area contributed by atoms with Crippen LogP contribution in [0, 0.1) is 5.92 Å². The molecule has 1 heterocycles. The van der Waals surface area contributed by atoms with Crippen molar-refractivity contribution >= 4 is 11.8 Å². The highest BCUT2D eigenvalue weighted by Gasteiger charge is 2.11. The minimum absolute atomic E-state index is 0.0160. The molecule has 0 saturated heterocycles. The zero-order valence-corrected chi connectivity index (χ0v) is 9.23. The van der Waals surface area contributed by atoms with Crippen molar-refractivity contribution in [2.75, 3.05) is 11.9 Å². The Bertz CT molecular complexity index is 357. The lowest BCUT2D eigenvalue weighted by Crippen LogP contribution is -2.25. The Morgan fingerprint density at radius 2 is 2.13 bits per heavy atom. The summed E-state index contributed by atoms with van der Waals surface area (Å²) in [6.45, 7) is 5.09. The number of rotatable bonds is 3. The zero-order chi connectivity index (χ0) is 10.7. The number of nitrogens with one attached hydrogen (secondary N) is 1. The average Bonchev–Trinajstić information content (AvgIpc) is 2.26. The molecule has 1 aliphatic rings. The molecule has 0 spiro atoms. The Morgan fingerprint density at radius 3 is 2.93 bits per heavy atom. The van der Waals surface area contributed by atoms with Gasteiger partial charge >= 0.3 is 0 Å². The first-order chi connectivity index (χ1) is 7.25. The topological polar surface area (TPSA) is 21.3 Å². The monoisotopic (exact) mass is 203 g/mol. The third-order valence-corrected chi connectivity index (χ3v) is 2.32. The molecule has 0 saturated carbocycles. The highest BCUT2D eigenvalue weighted by molar-refractivity contribution is 5.70. The molecule has 0 radical (unpaired) electrons. The van der Waals surface area contributed by atoms with Gasteiger partial charge in [-0.3, -0.25) is 0 Å². The van der Waals surface area contributed by atoms with Gasteiger partial charge in [0.2, 0.25) is 0 Å².